The maximum absolute atomic E-state index is 12.3. The van der Waals surface area contributed by atoms with Crippen molar-refractivity contribution in [2.24, 2.45) is 11.3 Å². The highest BCUT2D eigenvalue weighted by Crippen LogP contribution is 2.39. The van der Waals surface area contributed by atoms with Gasteiger partial charge in [0.15, 0.2) is 0 Å². The molecule has 8 nitrogen and oxygen atoms in total. The number of carbonyl (C=O) groups excluding carboxylic acids is 2. The fraction of sp³-hybridized carbons (Fsp3) is 0.524. The predicted octanol–water partition coefficient (Wildman–Crippen LogP) is 3.17. The Bertz CT molecular complexity index is 986. The highest BCUT2D eigenvalue weighted by molar-refractivity contribution is 6.33. The normalized spacial score (nSPS) is 19.6. The van der Waals surface area contributed by atoms with Crippen molar-refractivity contribution in [3.05, 3.63) is 29.2 Å². The van der Waals surface area contributed by atoms with Gasteiger partial charge in [-0.3, -0.25) is 14.8 Å². The van der Waals surface area contributed by atoms with E-state index in [0.29, 0.717) is 23.9 Å². The lowest BCUT2D eigenvalue weighted by molar-refractivity contribution is -0.127. The predicted molar refractivity (Wildman–Crippen MR) is 115 cm³/mol. The number of likely N-dealkylation sites (tertiary alicyclic amines) is 1. The number of urea groups is 1. The number of anilines is 1. The van der Waals surface area contributed by atoms with Gasteiger partial charge in [-0.05, 0) is 30.2 Å². The molecule has 0 aromatic carbocycles. The standard InChI is InChI=1S/C21H27ClN6O2/c1-13(29)27-5-4-14(11-27)8-24-20(30)26-19-6-15(17(22)10-23-19)16-9-25-28-12-21(2,3)7-18(16)28/h6,9-10,14H,4-5,7-8,11-12H2,1-3H3,(H2,23,24,26,30)/t14-/m1/s1. The molecule has 0 bridgehead atoms. The van der Waals surface area contributed by atoms with E-state index < -0.39 is 0 Å². The molecule has 30 heavy (non-hydrogen) atoms. The first kappa shape index (κ1) is 20.7. The van der Waals surface area contributed by atoms with Gasteiger partial charge in [-0.1, -0.05) is 25.4 Å². The maximum atomic E-state index is 12.3. The smallest absolute Gasteiger partial charge is 0.320 e. The van der Waals surface area contributed by atoms with Crippen molar-refractivity contribution in [3.63, 3.8) is 0 Å². The quantitative estimate of drug-likeness (QED) is 0.779. The molecule has 9 heteroatoms. The summed E-state index contributed by atoms with van der Waals surface area (Å²) in [5.41, 5.74) is 3.11. The van der Waals surface area contributed by atoms with Crippen LogP contribution in [-0.2, 0) is 17.8 Å². The minimum absolute atomic E-state index is 0.0786. The highest BCUT2D eigenvalue weighted by atomic mass is 35.5. The van der Waals surface area contributed by atoms with Crippen molar-refractivity contribution in [2.45, 2.75) is 40.2 Å². The van der Waals surface area contributed by atoms with Crippen molar-refractivity contribution >= 4 is 29.4 Å². The van der Waals surface area contributed by atoms with Gasteiger partial charge in [-0.25, -0.2) is 9.78 Å². The van der Waals surface area contributed by atoms with E-state index >= 15 is 0 Å². The number of carbonyl (C=O) groups is 2. The van der Waals surface area contributed by atoms with Crippen LogP contribution in [0.2, 0.25) is 5.02 Å². The molecule has 4 rings (SSSR count). The third kappa shape index (κ3) is 4.28. The van der Waals surface area contributed by atoms with Gasteiger partial charge < -0.3 is 10.2 Å². The van der Waals surface area contributed by atoms with E-state index in [1.807, 2.05) is 15.8 Å². The summed E-state index contributed by atoms with van der Waals surface area (Å²) in [7, 11) is 0. The summed E-state index contributed by atoms with van der Waals surface area (Å²) in [5.74, 6) is 0.780. The number of hydrogen-bond acceptors (Lipinski definition) is 4. The number of nitrogens with one attached hydrogen (secondary N) is 2. The molecular formula is C21H27ClN6O2. The molecule has 0 spiro atoms. The molecule has 0 aliphatic carbocycles. The maximum Gasteiger partial charge on any atom is 0.320 e. The summed E-state index contributed by atoms with van der Waals surface area (Å²) in [6, 6.07) is 1.47. The lowest BCUT2D eigenvalue weighted by atomic mass is 9.89. The van der Waals surface area contributed by atoms with Crippen LogP contribution in [0.5, 0.6) is 0 Å². The first-order valence-electron chi connectivity index (χ1n) is 10.2. The lowest BCUT2D eigenvalue weighted by Gasteiger charge is -2.15. The number of rotatable bonds is 4. The molecule has 1 fully saturated rings. The zero-order valence-corrected chi connectivity index (χ0v) is 18.3. The molecule has 1 atom stereocenters. The minimum Gasteiger partial charge on any atom is -0.343 e. The number of halogens is 1. The van der Waals surface area contributed by atoms with Gasteiger partial charge in [0, 0.05) is 56.1 Å². The Hall–Kier alpha value is -2.61. The van der Waals surface area contributed by atoms with Crippen molar-refractivity contribution in [3.8, 4) is 11.1 Å². The van der Waals surface area contributed by atoms with Crippen molar-refractivity contribution in [2.75, 3.05) is 25.0 Å². The average molecular weight is 431 g/mol. The van der Waals surface area contributed by atoms with E-state index in [4.69, 9.17) is 11.6 Å². The summed E-state index contributed by atoms with van der Waals surface area (Å²) < 4.78 is 2.03. The molecule has 3 amide bonds. The van der Waals surface area contributed by atoms with Crippen LogP contribution in [-0.4, -0.2) is 51.2 Å². The fourth-order valence-corrected chi connectivity index (χ4v) is 4.47. The second-order valence-electron chi connectivity index (χ2n) is 9.01. The van der Waals surface area contributed by atoms with E-state index in [0.717, 1.165) is 42.8 Å². The van der Waals surface area contributed by atoms with Crippen molar-refractivity contribution < 1.29 is 9.59 Å². The molecular weight excluding hydrogens is 404 g/mol. The van der Waals surface area contributed by atoms with Crippen LogP contribution in [0.3, 0.4) is 0 Å². The fourth-order valence-electron chi connectivity index (χ4n) is 4.27. The number of amides is 3. The largest absolute Gasteiger partial charge is 0.343 e. The van der Waals surface area contributed by atoms with Crippen LogP contribution in [0.25, 0.3) is 11.1 Å². The molecule has 160 valence electrons. The summed E-state index contributed by atoms with van der Waals surface area (Å²) in [4.78, 5) is 29.8. The number of hydrogen-bond donors (Lipinski definition) is 2. The third-order valence-electron chi connectivity index (χ3n) is 5.84. The average Bonchev–Trinajstić information content (AvgIpc) is 3.36. The molecule has 2 N–H and O–H groups in total. The van der Waals surface area contributed by atoms with Crippen molar-refractivity contribution in [1.29, 1.82) is 0 Å². The number of pyridine rings is 1. The number of fused-ring (bicyclic) bond motifs is 1. The molecule has 2 aromatic heterocycles. The molecule has 2 aliphatic rings. The molecule has 0 unspecified atom stereocenters. The lowest BCUT2D eigenvalue weighted by Crippen LogP contribution is -2.35. The molecule has 0 saturated carbocycles. The molecule has 4 heterocycles. The zero-order valence-electron chi connectivity index (χ0n) is 17.5. The van der Waals surface area contributed by atoms with Crippen LogP contribution < -0.4 is 10.6 Å². The summed E-state index contributed by atoms with van der Waals surface area (Å²) in [6.45, 7) is 8.83. The SMILES string of the molecule is CC(=O)N1CC[C@H](CNC(=O)Nc2cc(-c3cnn4c3CC(C)(C)C4)c(Cl)cn2)C1. The Morgan fingerprint density at radius 2 is 2.10 bits per heavy atom. The van der Waals surface area contributed by atoms with Crippen LogP contribution in [0.4, 0.5) is 10.6 Å². The summed E-state index contributed by atoms with van der Waals surface area (Å²) in [5, 5.41) is 10.7. The Morgan fingerprint density at radius 3 is 2.83 bits per heavy atom. The monoisotopic (exact) mass is 430 g/mol. The topological polar surface area (TPSA) is 92.2 Å². The Morgan fingerprint density at radius 1 is 1.30 bits per heavy atom. The van der Waals surface area contributed by atoms with Crippen LogP contribution in [0, 0.1) is 11.3 Å². The molecule has 1 saturated heterocycles. The first-order valence-corrected chi connectivity index (χ1v) is 10.6. The Balaban J connectivity index is 1.41. The molecule has 0 radical (unpaired) electrons. The molecule has 2 aliphatic heterocycles. The van der Waals surface area contributed by atoms with Gasteiger partial charge in [0.1, 0.15) is 5.82 Å². The second-order valence-corrected chi connectivity index (χ2v) is 9.41. The Labute approximate surface area is 181 Å². The zero-order chi connectivity index (χ0) is 21.5. The van der Waals surface area contributed by atoms with Gasteiger partial charge in [0.25, 0.3) is 0 Å². The van der Waals surface area contributed by atoms with Gasteiger partial charge in [0.05, 0.1) is 11.2 Å². The van der Waals surface area contributed by atoms with Gasteiger partial charge in [-0.2, -0.15) is 5.10 Å². The molecule has 2 aromatic rings. The Kier molecular flexibility index (Phi) is 5.44. The van der Waals surface area contributed by atoms with E-state index in [2.05, 4.69) is 34.6 Å². The highest BCUT2D eigenvalue weighted by Gasteiger charge is 2.32. The minimum atomic E-state index is -0.321. The summed E-state index contributed by atoms with van der Waals surface area (Å²) >= 11 is 6.42. The third-order valence-corrected chi connectivity index (χ3v) is 6.14. The van der Waals surface area contributed by atoms with E-state index in [1.165, 1.54) is 0 Å². The number of nitrogens with zero attached hydrogens (tertiary/aromatic N) is 4. The second kappa shape index (κ2) is 7.91. The van der Waals surface area contributed by atoms with E-state index in [9.17, 15) is 9.59 Å². The van der Waals surface area contributed by atoms with Crippen molar-refractivity contribution in [1.82, 2.24) is 25.0 Å². The van der Waals surface area contributed by atoms with Crippen LogP contribution in [0.15, 0.2) is 18.5 Å². The van der Waals surface area contributed by atoms with Gasteiger partial charge in [0.2, 0.25) is 5.91 Å². The summed E-state index contributed by atoms with van der Waals surface area (Å²) in [6.07, 6.45) is 5.20. The van der Waals surface area contributed by atoms with E-state index in [-0.39, 0.29) is 23.3 Å². The van der Waals surface area contributed by atoms with E-state index in [1.54, 1.807) is 19.2 Å². The van der Waals surface area contributed by atoms with Crippen LogP contribution in [0.1, 0.15) is 32.9 Å². The van der Waals surface area contributed by atoms with Gasteiger partial charge in [-0.15, -0.1) is 0 Å². The van der Waals surface area contributed by atoms with Crippen LogP contribution >= 0.6 is 11.6 Å². The van der Waals surface area contributed by atoms with Gasteiger partial charge >= 0.3 is 6.03 Å². The number of aromatic nitrogens is 3. The first-order chi connectivity index (χ1) is 14.2.